The molecular weight excluding hydrogens is 475 g/mol. The van der Waals surface area contributed by atoms with Crippen LogP contribution in [0.15, 0.2) is 66.7 Å². The Balaban J connectivity index is 1.68. The predicted octanol–water partition coefficient (Wildman–Crippen LogP) is 6.21. The third-order valence-corrected chi connectivity index (χ3v) is 4.97. The summed E-state index contributed by atoms with van der Waals surface area (Å²) >= 11 is 0. The lowest BCUT2D eigenvalue weighted by Crippen LogP contribution is -2.17. The zero-order valence-corrected chi connectivity index (χ0v) is 19.8. The number of phenols is 1. The SMILES string of the molecule is Cc1cc(OCc2nc(-c3cccc(OC(F)(F)F)c3)n(-c3ccc(OC(C)C)cc3)n2)ccc1O. The number of ether oxygens (including phenoxy) is 3. The Morgan fingerprint density at radius 2 is 1.67 bits per heavy atom. The third-order valence-electron chi connectivity index (χ3n) is 4.97. The molecule has 0 saturated carbocycles. The van der Waals surface area contributed by atoms with Crippen LogP contribution in [0, 0.1) is 6.92 Å². The number of phenolic OH excluding ortho intramolecular Hbond substituents is 1. The zero-order valence-electron chi connectivity index (χ0n) is 19.8. The van der Waals surface area contributed by atoms with Crippen molar-refractivity contribution in [2.75, 3.05) is 0 Å². The van der Waals surface area contributed by atoms with Gasteiger partial charge in [0.25, 0.3) is 0 Å². The molecule has 0 aliphatic carbocycles. The number of hydrogen-bond acceptors (Lipinski definition) is 6. The van der Waals surface area contributed by atoms with Crippen LogP contribution in [0.1, 0.15) is 25.2 Å². The van der Waals surface area contributed by atoms with Gasteiger partial charge in [0.1, 0.15) is 29.6 Å². The number of alkyl halides is 3. The molecule has 4 aromatic rings. The summed E-state index contributed by atoms with van der Waals surface area (Å²) in [6.45, 7) is 5.58. The van der Waals surface area contributed by atoms with Crippen molar-refractivity contribution in [1.29, 1.82) is 0 Å². The highest BCUT2D eigenvalue weighted by Crippen LogP contribution is 2.29. The molecule has 0 fully saturated rings. The first kappa shape index (κ1) is 24.9. The molecule has 36 heavy (non-hydrogen) atoms. The quantitative estimate of drug-likeness (QED) is 0.310. The summed E-state index contributed by atoms with van der Waals surface area (Å²) in [6.07, 6.45) is -4.82. The summed E-state index contributed by atoms with van der Waals surface area (Å²) in [5.41, 5.74) is 1.65. The fraction of sp³-hybridized carbons (Fsp3) is 0.231. The van der Waals surface area contributed by atoms with Crippen LogP contribution in [0.4, 0.5) is 13.2 Å². The molecule has 10 heteroatoms. The van der Waals surface area contributed by atoms with Crippen LogP contribution in [0.25, 0.3) is 17.1 Å². The topological polar surface area (TPSA) is 78.6 Å². The molecule has 4 rings (SSSR count). The van der Waals surface area contributed by atoms with Crippen molar-refractivity contribution in [3.8, 4) is 40.1 Å². The molecule has 7 nitrogen and oxygen atoms in total. The van der Waals surface area contributed by atoms with Gasteiger partial charge in [0.15, 0.2) is 11.6 Å². The zero-order chi connectivity index (χ0) is 25.9. The Kier molecular flexibility index (Phi) is 7.05. The number of aryl methyl sites for hydroxylation is 1. The summed E-state index contributed by atoms with van der Waals surface area (Å²) in [7, 11) is 0. The minimum atomic E-state index is -4.82. The molecule has 3 aromatic carbocycles. The van der Waals surface area contributed by atoms with E-state index in [0.29, 0.717) is 40.0 Å². The highest BCUT2D eigenvalue weighted by molar-refractivity contribution is 5.60. The maximum Gasteiger partial charge on any atom is 0.573 e. The highest BCUT2D eigenvalue weighted by Gasteiger charge is 2.31. The van der Waals surface area contributed by atoms with Gasteiger partial charge in [-0.15, -0.1) is 18.3 Å². The largest absolute Gasteiger partial charge is 0.573 e. The summed E-state index contributed by atoms with van der Waals surface area (Å²) < 4.78 is 55.4. The van der Waals surface area contributed by atoms with E-state index in [-0.39, 0.29) is 24.2 Å². The van der Waals surface area contributed by atoms with Crippen LogP contribution in [0.3, 0.4) is 0 Å². The van der Waals surface area contributed by atoms with Crippen molar-refractivity contribution in [3.05, 3.63) is 78.1 Å². The second kappa shape index (κ2) is 10.2. The molecule has 0 unspecified atom stereocenters. The molecule has 0 aliphatic heterocycles. The minimum absolute atomic E-state index is 0.00133. The Bertz CT molecular complexity index is 1340. The number of halogens is 3. The Labute approximate surface area is 205 Å². The lowest BCUT2D eigenvalue weighted by Gasteiger charge is -2.12. The minimum Gasteiger partial charge on any atom is -0.508 e. The van der Waals surface area contributed by atoms with Crippen molar-refractivity contribution in [2.45, 2.75) is 39.8 Å². The summed E-state index contributed by atoms with van der Waals surface area (Å²) in [5, 5.41) is 14.2. The number of benzene rings is 3. The maximum atomic E-state index is 12.8. The van der Waals surface area contributed by atoms with Crippen LogP contribution >= 0.6 is 0 Å². The molecule has 0 aliphatic rings. The standard InChI is InChI=1S/C26H24F3N3O4/c1-16(2)35-20-9-7-19(8-10-20)32-25(18-5-4-6-22(14-18)36-26(27,28)29)30-24(31-32)15-34-21-11-12-23(33)17(3)13-21/h4-14,16,33H,15H2,1-3H3. The van der Waals surface area contributed by atoms with Crippen molar-refractivity contribution in [2.24, 2.45) is 0 Å². The maximum absolute atomic E-state index is 12.8. The van der Waals surface area contributed by atoms with E-state index in [4.69, 9.17) is 9.47 Å². The number of nitrogens with zero attached hydrogens (tertiary/aromatic N) is 3. The molecule has 1 aromatic heterocycles. The van der Waals surface area contributed by atoms with Crippen LogP contribution in [-0.2, 0) is 6.61 Å². The van der Waals surface area contributed by atoms with E-state index in [1.165, 1.54) is 28.9 Å². The summed E-state index contributed by atoms with van der Waals surface area (Å²) in [4.78, 5) is 4.53. The molecule has 1 heterocycles. The number of aromatic nitrogens is 3. The van der Waals surface area contributed by atoms with Gasteiger partial charge in [-0.1, -0.05) is 12.1 Å². The van der Waals surface area contributed by atoms with E-state index in [0.717, 1.165) is 0 Å². The summed E-state index contributed by atoms with van der Waals surface area (Å²) in [6, 6.07) is 17.5. The van der Waals surface area contributed by atoms with Crippen LogP contribution in [0.2, 0.25) is 0 Å². The number of hydrogen-bond donors (Lipinski definition) is 1. The second-order valence-corrected chi connectivity index (χ2v) is 8.24. The van der Waals surface area contributed by atoms with Crippen LogP contribution < -0.4 is 14.2 Å². The van der Waals surface area contributed by atoms with Gasteiger partial charge in [-0.25, -0.2) is 9.67 Å². The van der Waals surface area contributed by atoms with E-state index < -0.39 is 6.36 Å². The Morgan fingerprint density at radius 1 is 0.944 bits per heavy atom. The molecular formula is C26H24F3N3O4. The highest BCUT2D eigenvalue weighted by atomic mass is 19.4. The molecule has 0 amide bonds. The van der Waals surface area contributed by atoms with Gasteiger partial charge >= 0.3 is 6.36 Å². The number of rotatable bonds is 8. The van der Waals surface area contributed by atoms with Gasteiger partial charge in [-0.3, -0.25) is 0 Å². The van der Waals surface area contributed by atoms with Gasteiger partial charge < -0.3 is 19.3 Å². The number of aromatic hydroxyl groups is 1. The Hall–Kier alpha value is -4.21. The van der Waals surface area contributed by atoms with Gasteiger partial charge in [-0.2, -0.15) is 0 Å². The van der Waals surface area contributed by atoms with E-state index in [2.05, 4.69) is 14.8 Å². The molecule has 1 N–H and O–H groups in total. The van der Waals surface area contributed by atoms with E-state index in [9.17, 15) is 18.3 Å². The van der Waals surface area contributed by atoms with Gasteiger partial charge in [0, 0.05) is 5.56 Å². The fourth-order valence-corrected chi connectivity index (χ4v) is 3.42. The molecule has 0 atom stereocenters. The van der Waals surface area contributed by atoms with E-state index in [1.54, 1.807) is 49.4 Å². The first-order chi connectivity index (χ1) is 17.1. The fourth-order valence-electron chi connectivity index (χ4n) is 3.42. The smallest absolute Gasteiger partial charge is 0.508 e. The van der Waals surface area contributed by atoms with Crippen LogP contribution in [0.5, 0.6) is 23.0 Å². The average Bonchev–Trinajstić information content (AvgIpc) is 3.23. The molecule has 0 spiro atoms. The second-order valence-electron chi connectivity index (χ2n) is 8.24. The van der Waals surface area contributed by atoms with E-state index >= 15 is 0 Å². The predicted molar refractivity (Wildman–Crippen MR) is 126 cm³/mol. The molecule has 0 saturated heterocycles. The van der Waals surface area contributed by atoms with E-state index in [1.807, 2.05) is 13.8 Å². The van der Waals surface area contributed by atoms with Gasteiger partial charge in [0.05, 0.1) is 11.8 Å². The van der Waals surface area contributed by atoms with Gasteiger partial charge in [-0.05, 0) is 80.9 Å². The van der Waals surface area contributed by atoms with Crippen molar-refractivity contribution >= 4 is 0 Å². The normalized spacial score (nSPS) is 11.5. The first-order valence-corrected chi connectivity index (χ1v) is 11.1. The Morgan fingerprint density at radius 3 is 2.33 bits per heavy atom. The molecule has 0 radical (unpaired) electrons. The van der Waals surface area contributed by atoms with Crippen molar-refractivity contribution < 1.29 is 32.5 Å². The van der Waals surface area contributed by atoms with Gasteiger partial charge in [0.2, 0.25) is 0 Å². The lowest BCUT2D eigenvalue weighted by molar-refractivity contribution is -0.274. The van der Waals surface area contributed by atoms with Crippen molar-refractivity contribution in [3.63, 3.8) is 0 Å². The third kappa shape index (κ3) is 6.26. The van der Waals surface area contributed by atoms with Crippen LogP contribution in [-0.4, -0.2) is 32.3 Å². The lowest BCUT2D eigenvalue weighted by atomic mass is 10.2. The van der Waals surface area contributed by atoms with Crippen molar-refractivity contribution in [1.82, 2.24) is 14.8 Å². The molecule has 0 bridgehead atoms. The average molecular weight is 499 g/mol. The monoisotopic (exact) mass is 499 g/mol. The molecule has 188 valence electrons. The summed E-state index contributed by atoms with van der Waals surface area (Å²) in [5.74, 6) is 1.58. The first-order valence-electron chi connectivity index (χ1n) is 11.1.